The summed E-state index contributed by atoms with van der Waals surface area (Å²) in [6.07, 6.45) is 3.83. The molecule has 1 aliphatic rings. The summed E-state index contributed by atoms with van der Waals surface area (Å²) in [4.78, 5) is 14.6. The largest absolute Gasteiger partial charge is 0.372 e. The van der Waals surface area contributed by atoms with Crippen LogP contribution in [0.15, 0.2) is 28.7 Å². The number of anilines is 2. The number of amides is 1. The van der Waals surface area contributed by atoms with Crippen LogP contribution in [0.4, 0.5) is 11.4 Å². The van der Waals surface area contributed by atoms with Gasteiger partial charge in [0.2, 0.25) is 0 Å². The molecule has 22 heavy (non-hydrogen) atoms. The second-order valence-electron chi connectivity index (χ2n) is 5.56. The van der Waals surface area contributed by atoms with E-state index in [1.54, 1.807) is 0 Å². The van der Waals surface area contributed by atoms with E-state index in [0.29, 0.717) is 10.2 Å². The first-order valence-electron chi connectivity index (χ1n) is 7.52. The molecule has 116 valence electrons. The number of carbonyl (C=O) groups is 1. The molecule has 0 radical (unpaired) electrons. The number of benzene rings is 1. The van der Waals surface area contributed by atoms with Gasteiger partial charge in [0.25, 0.3) is 5.91 Å². The molecule has 0 atom stereocenters. The summed E-state index contributed by atoms with van der Waals surface area (Å²) in [7, 11) is 0. The minimum atomic E-state index is -0.220. The average molecular weight is 363 g/mol. The maximum atomic E-state index is 12.2. The number of aromatic amines is 1. The maximum Gasteiger partial charge on any atom is 0.277 e. The first kappa shape index (κ1) is 15.1. The molecule has 1 saturated heterocycles. The van der Waals surface area contributed by atoms with Gasteiger partial charge in [-0.15, -0.1) is 0 Å². The van der Waals surface area contributed by atoms with Gasteiger partial charge in [0.05, 0.1) is 4.47 Å². The smallest absolute Gasteiger partial charge is 0.277 e. The number of rotatable bonds is 3. The molecule has 3 rings (SSSR count). The van der Waals surface area contributed by atoms with E-state index in [9.17, 15) is 4.79 Å². The molecule has 0 bridgehead atoms. The number of piperidine rings is 1. The molecule has 1 fully saturated rings. The zero-order valence-electron chi connectivity index (χ0n) is 12.5. The third-order valence-corrected chi connectivity index (χ3v) is 4.90. The highest BCUT2D eigenvalue weighted by Crippen LogP contribution is 2.23. The molecule has 1 aromatic carbocycles. The van der Waals surface area contributed by atoms with Crippen molar-refractivity contribution in [2.75, 3.05) is 23.3 Å². The molecular weight excluding hydrogens is 344 g/mol. The molecule has 1 aromatic heterocycles. The first-order valence-corrected chi connectivity index (χ1v) is 8.31. The highest BCUT2D eigenvalue weighted by molar-refractivity contribution is 9.10. The quantitative estimate of drug-likeness (QED) is 0.874. The fraction of sp³-hybridized carbons (Fsp3) is 0.375. The Balaban J connectivity index is 1.68. The number of aromatic nitrogens is 2. The van der Waals surface area contributed by atoms with Crippen LogP contribution in [-0.4, -0.2) is 29.2 Å². The van der Waals surface area contributed by atoms with Crippen LogP contribution in [0.3, 0.4) is 0 Å². The van der Waals surface area contributed by atoms with Crippen molar-refractivity contribution in [1.82, 2.24) is 10.2 Å². The van der Waals surface area contributed by atoms with E-state index in [1.165, 1.54) is 24.9 Å². The Morgan fingerprint density at radius 3 is 2.50 bits per heavy atom. The fourth-order valence-corrected chi connectivity index (χ4v) is 3.02. The Morgan fingerprint density at radius 2 is 1.91 bits per heavy atom. The lowest BCUT2D eigenvalue weighted by molar-refractivity contribution is 0.102. The minimum absolute atomic E-state index is 0.220. The van der Waals surface area contributed by atoms with Crippen LogP contribution >= 0.6 is 15.9 Å². The zero-order valence-corrected chi connectivity index (χ0v) is 14.1. The molecule has 2 N–H and O–H groups in total. The van der Waals surface area contributed by atoms with E-state index < -0.39 is 0 Å². The Bertz CT molecular complexity index is 659. The number of nitrogens with one attached hydrogen (secondary N) is 2. The predicted molar refractivity (Wildman–Crippen MR) is 91.5 cm³/mol. The molecule has 6 heteroatoms. The second-order valence-corrected chi connectivity index (χ2v) is 6.35. The van der Waals surface area contributed by atoms with Crippen LogP contribution in [0.25, 0.3) is 0 Å². The Hall–Kier alpha value is -1.82. The van der Waals surface area contributed by atoms with Crippen molar-refractivity contribution in [3.63, 3.8) is 0 Å². The first-order chi connectivity index (χ1) is 10.6. The van der Waals surface area contributed by atoms with Gasteiger partial charge in [0.1, 0.15) is 0 Å². The van der Waals surface area contributed by atoms with Gasteiger partial charge in [0, 0.05) is 30.2 Å². The van der Waals surface area contributed by atoms with E-state index >= 15 is 0 Å². The van der Waals surface area contributed by atoms with Crippen molar-refractivity contribution in [2.24, 2.45) is 0 Å². The Labute approximate surface area is 138 Å². The summed E-state index contributed by atoms with van der Waals surface area (Å²) < 4.78 is 0.704. The van der Waals surface area contributed by atoms with Gasteiger partial charge in [-0.25, -0.2) is 0 Å². The summed E-state index contributed by atoms with van der Waals surface area (Å²) in [6.45, 7) is 4.09. The van der Waals surface area contributed by atoms with Crippen molar-refractivity contribution in [1.29, 1.82) is 0 Å². The van der Waals surface area contributed by atoms with Crippen molar-refractivity contribution >= 4 is 33.2 Å². The lowest BCUT2D eigenvalue weighted by Gasteiger charge is -2.28. The highest BCUT2D eigenvalue weighted by Gasteiger charge is 2.16. The Morgan fingerprint density at radius 1 is 1.23 bits per heavy atom. The lowest BCUT2D eigenvalue weighted by Crippen LogP contribution is -2.29. The zero-order chi connectivity index (χ0) is 15.5. The number of aryl methyl sites for hydroxylation is 1. The van der Waals surface area contributed by atoms with Crippen LogP contribution in [-0.2, 0) is 0 Å². The van der Waals surface area contributed by atoms with Crippen LogP contribution in [0.2, 0.25) is 0 Å². The van der Waals surface area contributed by atoms with Crippen molar-refractivity contribution in [3.8, 4) is 0 Å². The molecule has 0 unspecified atom stereocenters. The normalized spacial score (nSPS) is 14.9. The molecule has 0 aliphatic carbocycles. The fourth-order valence-electron chi connectivity index (χ4n) is 2.66. The van der Waals surface area contributed by atoms with Gasteiger partial charge in [0.15, 0.2) is 5.69 Å². The molecule has 1 aliphatic heterocycles. The molecule has 1 amide bonds. The number of H-pyrrole nitrogens is 1. The van der Waals surface area contributed by atoms with Crippen LogP contribution in [0.1, 0.15) is 35.4 Å². The summed E-state index contributed by atoms with van der Waals surface area (Å²) >= 11 is 3.37. The highest BCUT2D eigenvalue weighted by atomic mass is 79.9. The standard InChI is InChI=1S/C16H19BrN4O/c1-11-14(17)15(20-19-11)16(22)18-12-5-7-13(8-6-12)21-9-3-2-4-10-21/h5-8H,2-4,9-10H2,1H3,(H,18,22)(H,19,20). The van der Waals surface area contributed by atoms with Crippen molar-refractivity contribution < 1.29 is 4.79 Å². The summed E-state index contributed by atoms with van der Waals surface area (Å²) in [5.41, 5.74) is 3.20. The van der Waals surface area contributed by atoms with Gasteiger partial charge in [-0.1, -0.05) is 0 Å². The lowest BCUT2D eigenvalue weighted by atomic mass is 10.1. The van der Waals surface area contributed by atoms with Gasteiger partial charge in [-0.3, -0.25) is 9.89 Å². The molecule has 0 spiro atoms. The molecule has 0 saturated carbocycles. The molecule has 2 aromatic rings. The topological polar surface area (TPSA) is 61.0 Å². The summed E-state index contributed by atoms with van der Waals surface area (Å²) in [5.74, 6) is -0.220. The van der Waals surface area contributed by atoms with E-state index in [0.717, 1.165) is 24.5 Å². The van der Waals surface area contributed by atoms with Crippen LogP contribution in [0.5, 0.6) is 0 Å². The van der Waals surface area contributed by atoms with Gasteiger partial charge >= 0.3 is 0 Å². The van der Waals surface area contributed by atoms with Crippen molar-refractivity contribution in [3.05, 3.63) is 40.1 Å². The van der Waals surface area contributed by atoms with E-state index in [1.807, 2.05) is 19.1 Å². The van der Waals surface area contributed by atoms with E-state index in [2.05, 4.69) is 48.5 Å². The average Bonchev–Trinajstić information content (AvgIpc) is 2.88. The van der Waals surface area contributed by atoms with E-state index in [-0.39, 0.29) is 5.91 Å². The Kier molecular flexibility index (Phi) is 4.47. The monoisotopic (exact) mass is 362 g/mol. The van der Waals surface area contributed by atoms with Gasteiger partial charge in [-0.2, -0.15) is 5.10 Å². The van der Waals surface area contributed by atoms with Gasteiger partial charge in [-0.05, 0) is 66.4 Å². The van der Waals surface area contributed by atoms with Crippen LogP contribution in [0, 0.1) is 6.92 Å². The molecule has 2 heterocycles. The third kappa shape index (κ3) is 3.16. The number of halogens is 1. The maximum absolute atomic E-state index is 12.2. The number of nitrogens with zero attached hydrogens (tertiary/aromatic N) is 2. The minimum Gasteiger partial charge on any atom is -0.372 e. The number of hydrogen-bond donors (Lipinski definition) is 2. The van der Waals surface area contributed by atoms with Crippen LogP contribution < -0.4 is 10.2 Å². The number of hydrogen-bond acceptors (Lipinski definition) is 3. The molecule has 5 nitrogen and oxygen atoms in total. The van der Waals surface area contributed by atoms with E-state index in [4.69, 9.17) is 0 Å². The number of carbonyl (C=O) groups excluding carboxylic acids is 1. The second kappa shape index (κ2) is 6.52. The molecular formula is C16H19BrN4O. The summed E-state index contributed by atoms with van der Waals surface area (Å²) in [5, 5.41) is 9.67. The summed E-state index contributed by atoms with van der Waals surface area (Å²) in [6, 6.07) is 8.00. The van der Waals surface area contributed by atoms with Gasteiger partial charge < -0.3 is 10.2 Å². The predicted octanol–water partition coefficient (Wildman–Crippen LogP) is 3.72. The van der Waals surface area contributed by atoms with Crippen molar-refractivity contribution in [2.45, 2.75) is 26.2 Å². The third-order valence-electron chi connectivity index (χ3n) is 3.93. The SMILES string of the molecule is Cc1[nH]nc(C(=O)Nc2ccc(N3CCCCC3)cc2)c1Br.